The number of benzene rings is 2. The van der Waals surface area contributed by atoms with Crippen molar-refractivity contribution in [2.75, 3.05) is 38.0 Å². The lowest BCUT2D eigenvalue weighted by molar-refractivity contribution is -0.895. The first kappa shape index (κ1) is 18.4. The molecule has 2 N–H and O–H groups in total. The summed E-state index contributed by atoms with van der Waals surface area (Å²) >= 11 is 5.70. The summed E-state index contributed by atoms with van der Waals surface area (Å²) in [4.78, 5) is 27.4. The van der Waals surface area contributed by atoms with Crippen LogP contribution < -0.4 is 10.2 Å². The molecule has 1 heterocycles. The smallest absolute Gasteiger partial charge is 0.279 e. The van der Waals surface area contributed by atoms with Crippen LogP contribution in [0.5, 0.6) is 0 Å². The summed E-state index contributed by atoms with van der Waals surface area (Å²) in [5.41, 5.74) is 0.795. The largest absolute Gasteiger partial charge is 0.327 e. The van der Waals surface area contributed by atoms with Crippen molar-refractivity contribution in [2.24, 2.45) is 0 Å². The number of quaternary nitrogens is 1. The number of piperazine rings is 1. The lowest BCUT2D eigenvalue weighted by Gasteiger charge is -2.32. The molecule has 0 unspecified atom stereocenters. The van der Waals surface area contributed by atoms with Crippen molar-refractivity contribution in [3.05, 3.63) is 64.9 Å². The van der Waals surface area contributed by atoms with E-state index in [1.807, 2.05) is 18.2 Å². The Morgan fingerprint density at radius 2 is 1.81 bits per heavy atom. The van der Waals surface area contributed by atoms with Crippen LogP contribution >= 0.6 is 11.6 Å². The van der Waals surface area contributed by atoms with Crippen LogP contribution in [-0.4, -0.2) is 49.4 Å². The number of carbonyl (C=O) groups is 2. The number of nitrogens with zero attached hydrogens (tertiary/aromatic N) is 1. The molecule has 0 spiro atoms. The van der Waals surface area contributed by atoms with Gasteiger partial charge in [0, 0.05) is 10.6 Å². The number of carbonyl (C=O) groups excluding carboxylic acids is 2. The Labute approximate surface area is 156 Å². The van der Waals surface area contributed by atoms with Crippen LogP contribution in [0.15, 0.2) is 48.5 Å². The summed E-state index contributed by atoms with van der Waals surface area (Å²) in [6.45, 7) is 2.76. The standard InChI is InChI=1S/C19H19ClFN3O2/c20-15-6-7-17(16(21)12-15)22-18(25)13-23-8-10-24(11-9-23)19(26)14-4-2-1-3-5-14/h1-7,12H,8-11,13H2,(H,22,25)/p+1. The molecule has 1 saturated heterocycles. The summed E-state index contributed by atoms with van der Waals surface area (Å²) in [6.07, 6.45) is 0. The minimum atomic E-state index is -0.556. The fraction of sp³-hybridized carbons (Fsp3) is 0.263. The van der Waals surface area contributed by atoms with Gasteiger partial charge >= 0.3 is 0 Å². The average molecular weight is 377 g/mol. The second-order valence-electron chi connectivity index (χ2n) is 6.26. The quantitative estimate of drug-likeness (QED) is 0.848. The van der Waals surface area contributed by atoms with Gasteiger partial charge in [-0.2, -0.15) is 0 Å². The highest BCUT2D eigenvalue weighted by atomic mass is 35.5. The fourth-order valence-electron chi connectivity index (χ4n) is 2.98. The molecule has 136 valence electrons. The Hall–Kier alpha value is -2.44. The van der Waals surface area contributed by atoms with Crippen molar-refractivity contribution in [3.8, 4) is 0 Å². The second kappa shape index (κ2) is 8.29. The van der Waals surface area contributed by atoms with Gasteiger partial charge in [0.05, 0.1) is 31.9 Å². The molecule has 0 aliphatic carbocycles. The Kier molecular flexibility index (Phi) is 5.85. The predicted octanol–water partition coefficient (Wildman–Crippen LogP) is 1.46. The highest BCUT2D eigenvalue weighted by molar-refractivity contribution is 6.30. The summed E-state index contributed by atoms with van der Waals surface area (Å²) in [7, 11) is 0. The lowest BCUT2D eigenvalue weighted by atomic mass is 10.2. The van der Waals surface area contributed by atoms with Crippen molar-refractivity contribution in [1.82, 2.24) is 4.90 Å². The third kappa shape index (κ3) is 4.59. The Morgan fingerprint density at radius 3 is 2.46 bits per heavy atom. The molecule has 1 aliphatic rings. The van der Waals surface area contributed by atoms with E-state index in [2.05, 4.69) is 5.32 Å². The van der Waals surface area contributed by atoms with Gasteiger partial charge < -0.3 is 15.1 Å². The van der Waals surface area contributed by atoms with Gasteiger partial charge in [0.15, 0.2) is 6.54 Å². The van der Waals surface area contributed by atoms with E-state index in [1.54, 1.807) is 17.0 Å². The zero-order valence-electron chi connectivity index (χ0n) is 14.2. The van der Waals surface area contributed by atoms with E-state index in [-0.39, 0.29) is 29.1 Å². The molecule has 1 aliphatic heterocycles. The maximum Gasteiger partial charge on any atom is 0.279 e. The molecular weight excluding hydrogens is 357 g/mol. The first-order chi connectivity index (χ1) is 12.5. The molecule has 2 amide bonds. The summed E-state index contributed by atoms with van der Waals surface area (Å²) in [5, 5.41) is 2.85. The first-order valence-electron chi connectivity index (χ1n) is 8.46. The van der Waals surface area contributed by atoms with Crippen molar-refractivity contribution in [2.45, 2.75) is 0 Å². The molecule has 0 atom stereocenters. The van der Waals surface area contributed by atoms with Gasteiger partial charge in [-0.15, -0.1) is 0 Å². The van der Waals surface area contributed by atoms with Crippen LogP contribution in [0.4, 0.5) is 10.1 Å². The number of rotatable bonds is 4. The predicted molar refractivity (Wildman–Crippen MR) is 97.9 cm³/mol. The monoisotopic (exact) mass is 376 g/mol. The molecule has 5 nitrogen and oxygen atoms in total. The molecule has 1 fully saturated rings. The highest BCUT2D eigenvalue weighted by Crippen LogP contribution is 2.18. The molecular formula is C19H20ClFN3O2+. The first-order valence-corrected chi connectivity index (χ1v) is 8.83. The van der Waals surface area contributed by atoms with E-state index in [0.29, 0.717) is 31.7 Å². The average Bonchev–Trinajstić information content (AvgIpc) is 2.65. The maximum absolute atomic E-state index is 13.7. The van der Waals surface area contributed by atoms with Gasteiger partial charge in [0.25, 0.3) is 11.8 Å². The van der Waals surface area contributed by atoms with Crippen molar-refractivity contribution in [3.63, 3.8) is 0 Å². The van der Waals surface area contributed by atoms with Gasteiger partial charge in [-0.05, 0) is 30.3 Å². The summed E-state index contributed by atoms with van der Waals surface area (Å²) in [5.74, 6) is -0.805. The van der Waals surface area contributed by atoms with Crippen LogP contribution in [0.25, 0.3) is 0 Å². The van der Waals surface area contributed by atoms with Crippen LogP contribution in [0.1, 0.15) is 10.4 Å². The second-order valence-corrected chi connectivity index (χ2v) is 6.69. The maximum atomic E-state index is 13.7. The number of hydrogen-bond donors (Lipinski definition) is 2. The van der Waals surface area contributed by atoms with Gasteiger partial charge in [-0.1, -0.05) is 29.8 Å². The van der Waals surface area contributed by atoms with E-state index in [4.69, 9.17) is 11.6 Å². The third-order valence-electron chi connectivity index (χ3n) is 4.39. The summed E-state index contributed by atoms with van der Waals surface area (Å²) in [6, 6.07) is 13.3. The Balaban J connectivity index is 1.49. The van der Waals surface area contributed by atoms with E-state index in [9.17, 15) is 14.0 Å². The van der Waals surface area contributed by atoms with Gasteiger partial charge in [0.2, 0.25) is 0 Å². The van der Waals surface area contributed by atoms with Crippen molar-refractivity contribution >= 4 is 29.1 Å². The van der Waals surface area contributed by atoms with E-state index in [1.165, 1.54) is 12.1 Å². The number of hydrogen-bond acceptors (Lipinski definition) is 2. The summed E-state index contributed by atoms with van der Waals surface area (Å²) < 4.78 is 13.7. The normalized spacial score (nSPS) is 14.9. The minimum absolute atomic E-state index is 0.0114. The fourth-order valence-corrected chi connectivity index (χ4v) is 3.14. The van der Waals surface area contributed by atoms with Gasteiger partial charge in [-0.3, -0.25) is 9.59 Å². The molecule has 2 aromatic rings. The molecule has 7 heteroatoms. The number of anilines is 1. The SMILES string of the molecule is O=C(C[NH+]1CCN(C(=O)c2ccccc2)CC1)Nc1ccc(Cl)cc1F. The van der Waals surface area contributed by atoms with Gasteiger partial charge in [-0.25, -0.2) is 4.39 Å². The number of nitrogens with one attached hydrogen (secondary N) is 2. The van der Waals surface area contributed by atoms with E-state index in [0.717, 1.165) is 11.0 Å². The zero-order valence-corrected chi connectivity index (χ0v) is 14.9. The molecule has 0 aromatic heterocycles. The van der Waals surface area contributed by atoms with E-state index < -0.39 is 5.82 Å². The third-order valence-corrected chi connectivity index (χ3v) is 4.63. The number of halogens is 2. The Morgan fingerprint density at radius 1 is 1.12 bits per heavy atom. The number of amides is 2. The molecule has 0 saturated carbocycles. The topological polar surface area (TPSA) is 53.9 Å². The van der Waals surface area contributed by atoms with Crippen LogP contribution in [0.2, 0.25) is 5.02 Å². The molecule has 2 aromatic carbocycles. The molecule has 26 heavy (non-hydrogen) atoms. The highest BCUT2D eigenvalue weighted by Gasteiger charge is 2.26. The zero-order chi connectivity index (χ0) is 18.5. The minimum Gasteiger partial charge on any atom is -0.327 e. The molecule has 0 bridgehead atoms. The van der Waals surface area contributed by atoms with Crippen LogP contribution in [-0.2, 0) is 4.79 Å². The van der Waals surface area contributed by atoms with Crippen LogP contribution in [0.3, 0.4) is 0 Å². The van der Waals surface area contributed by atoms with Crippen molar-refractivity contribution in [1.29, 1.82) is 0 Å². The van der Waals surface area contributed by atoms with Gasteiger partial charge in [0.1, 0.15) is 5.82 Å². The Bertz CT molecular complexity index is 793. The van der Waals surface area contributed by atoms with Crippen molar-refractivity contribution < 1.29 is 18.9 Å². The molecule has 0 radical (unpaired) electrons. The van der Waals surface area contributed by atoms with Crippen LogP contribution in [0, 0.1) is 5.82 Å². The van der Waals surface area contributed by atoms with E-state index >= 15 is 0 Å². The lowest BCUT2D eigenvalue weighted by Crippen LogP contribution is -3.15. The molecule has 3 rings (SSSR count).